The molecule has 1 aromatic heterocycles. The van der Waals surface area contributed by atoms with Crippen molar-refractivity contribution in [2.24, 2.45) is 0 Å². The maximum atomic E-state index is 9.89. The Labute approximate surface area is 102 Å². The first-order valence-corrected chi connectivity index (χ1v) is 7.44. The topological polar surface area (TPSA) is 20.2 Å². The summed E-state index contributed by atoms with van der Waals surface area (Å²) in [5.74, 6) is 0.782. The third kappa shape index (κ3) is 3.57. The predicted octanol–water partition coefficient (Wildman–Crippen LogP) is 4.08. The zero-order chi connectivity index (χ0) is 10.6. The predicted molar refractivity (Wildman–Crippen MR) is 69.2 cm³/mol. The number of hydrogen-bond acceptors (Lipinski definition) is 3. The van der Waals surface area contributed by atoms with Gasteiger partial charge in [-0.2, -0.15) is 23.1 Å². The Morgan fingerprint density at radius 3 is 2.79 bits per heavy atom. The molecule has 0 aromatic carbocycles. The van der Waals surface area contributed by atoms with Gasteiger partial charge in [0.25, 0.3) is 0 Å². The number of rotatable bonds is 5. The molecule has 1 rings (SSSR count). The van der Waals surface area contributed by atoms with Gasteiger partial charge in [0.1, 0.15) is 0 Å². The summed E-state index contributed by atoms with van der Waals surface area (Å²) in [6, 6.07) is 0. The van der Waals surface area contributed by atoms with Crippen LogP contribution in [0.15, 0.2) is 15.2 Å². The summed E-state index contributed by atoms with van der Waals surface area (Å²) in [4.78, 5) is 0. The molecule has 0 saturated carbocycles. The molecule has 4 heteroatoms. The van der Waals surface area contributed by atoms with Gasteiger partial charge in [-0.25, -0.2) is 0 Å². The maximum Gasteiger partial charge on any atom is 0.0899 e. The fourth-order valence-electron chi connectivity index (χ4n) is 0.992. The van der Waals surface area contributed by atoms with Crippen LogP contribution in [0.4, 0.5) is 0 Å². The minimum atomic E-state index is -0.338. The molecule has 0 saturated heterocycles. The second-order valence-electron chi connectivity index (χ2n) is 3.24. The number of aliphatic hydroxyl groups excluding tert-OH is 1. The SMILES string of the molecule is CCC(C)SCC(O)c1cscc1Br. The Morgan fingerprint density at radius 1 is 1.57 bits per heavy atom. The lowest BCUT2D eigenvalue weighted by Crippen LogP contribution is -2.03. The van der Waals surface area contributed by atoms with Crippen LogP contribution in [0.5, 0.6) is 0 Å². The number of thioether (sulfide) groups is 1. The number of halogens is 1. The minimum Gasteiger partial charge on any atom is -0.387 e. The van der Waals surface area contributed by atoms with Crippen LogP contribution in [-0.4, -0.2) is 16.1 Å². The largest absolute Gasteiger partial charge is 0.387 e. The van der Waals surface area contributed by atoms with Crippen LogP contribution < -0.4 is 0 Å². The third-order valence-corrected chi connectivity index (χ3v) is 5.28. The first-order chi connectivity index (χ1) is 6.65. The summed E-state index contributed by atoms with van der Waals surface area (Å²) in [7, 11) is 0. The molecule has 1 heterocycles. The van der Waals surface area contributed by atoms with Crippen LogP contribution in [0.1, 0.15) is 31.9 Å². The molecular weight excluding hydrogens is 280 g/mol. The van der Waals surface area contributed by atoms with Crippen molar-refractivity contribution in [2.45, 2.75) is 31.6 Å². The highest BCUT2D eigenvalue weighted by atomic mass is 79.9. The molecule has 0 aliphatic rings. The average molecular weight is 295 g/mol. The van der Waals surface area contributed by atoms with E-state index < -0.39 is 0 Å². The van der Waals surface area contributed by atoms with E-state index in [1.807, 2.05) is 22.5 Å². The molecule has 1 nitrogen and oxygen atoms in total. The fourth-order valence-corrected chi connectivity index (χ4v) is 3.53. The standard InChI is InChI=1S/C10H15BrOS2/c1-3-7(2)14-6-10(12)8-4-13-5-9(8)11/h4-5,7,10,12H,3,6H2,1-2H3. The first-order valence-electron chi connectivity index (χ1n) is 4.66. The van der Waals surface area contributed by atoms with E-state index in [1.165, 1.54) is 0 Å². The molecule has 0 amide bonds. The van der Waals surface area contributed by atoms with Crippen LogP contribution in [0.2, 0.25) is 0 Å². The Balaban J connectivity index is 2.43. The number of thiophene rings is 1. The van der Waals surface area contributed by atoms with Crippen molar-refractivity contribution in [3.63, 3.8) is 0 Å². The molecule has 0 bridgehead atoms. The Hall–Kier alpha value is 0.490. The zero-order valence-corrected chi connectivity index (χ0v) is 11.6. The molecule has 2 unspecified atom stereocenters. The zero-order valence-electron chi connectivity index (χ0n) is 8.37. The molecule has 0 radical (unpaired) electrons. The lowest BCUT2D eigenvalue weighted by atomic mass is 10.2. The third-order valence-electron chi connectivity index (χ3n) is 2.11. The minimum absolute atomic E-state index is 0.338. The van der Waals surface area contributed by atoms with Crippen molar-refractivity contribution < 1.29 is 5.11 Å². The van der Waals surface area contributed by atoms with E-state index >= 15 is 0 Å². The maximum absolute atomic E-state index is 9.89. The van der Waals surface area contributed by atoms with Crippen LogP contribution in [0.3, 0.4) is 0 Å². The van der Waals surface area contributed by atoms with Gasteiger partial charge >= 0.3 is 0 Å². The van der Waals surface area contributed by atoms with Gasteiger partial charge in [-0.05, 0) is 27.7 Å². The van der Waals surface area contributed by atoms with E-state index in [-0.39, 0.29) is 6.10 Å². The van der Waals surface area contributed by atoms with E-state index in [9.17, 15) is 5.11 Å². The van der Waals surface area contributed by atoms with Gasteiger partial charge in [-0.1, -0.05) is 13.8 Å². The molecule has 2 atom stereocenters. The molecule has 0 aliphatic carbocycles. The van der Waals surface area contributed by atoms with E-state index in [2.05, 4.69) is 29.8 Å². The van der Waals surface area contributed by atoms with Crippen LogP contribution in [0.25, 0.3) is 0 Å². The Bertz CT molecular complexity index is 275. The van der Waals surface area contributed by atoms with Crippen molar-refractivity contribution in [3.8, 4) is 0 Å². The van der Waals surface area contributed by atoms with Crippen molar-refractivity contribution in [2.75, 3.05) is 5.75 Å². The Kier molecular flexibility index (Phi) is 5.52. The van der Waals surface area contributed by atoms with Crippen LogP contribution in [0, 0.1) is 0 Å². The summed E-state index contributed by atoms with van der Waals surface area (Å²) in [6.45, 7) is 4.37. The summed E-state index contributed by atoms with van der Waals surface area (Å²) in [5.41, 5.74) is 1.02. The van der Waals surface area contributed by atoms with Gasteiger partial charge in [0.05, 0.1) is 6.10 Å². The van der Waals surface area contributed by atoms with Crippen LogP contribution >= 0.6 is 39.0 Å². The number of hydrogen-bond donors (Lipinski definition) is 1. The molecule has 0 aliphatic heterocycles. The van der Waals surface area contributed by atoms with Crippen molar-refractivity contribution >= 4 is 39.0 Å². The molecular formula is C10H15BrOS2. The highest BCUT2D eigenvalue weighted by molar-refractivity contribution is 9.10. The van der Waals surface area contributed by atoms with Gasteiger partial charge < -0.3 is 5.11 Å². The lowest BCUT2D eigenvalue weighted by Gasteiger charge is -2.12. The second kappa shape index (κ2) is 6.16. The molecule has 0 fully saturated rings. The van der Waals surface area contributed by atoms with Crippen molar-refractivity contribution in [3.05, 3.63) is 20.8 Å². The first kappa shape index (κ1) is 12.6. The molecule has 1 aromatic rings. The number of aliphatic hydroxyl groups is 1. The average Bonchev–Trinajstić information content (AvgIpc) is 2.60. The highest BCUT2D eigenvalue weighted by Crippen LogP contribution is 2.30. The lowest BCUT2D eigenvalue weighted by molar-refractivity contribution is 0.204. The summed E-state index contributed by atoms with van der Waals surface area (Å²) < 4.78 is 1.03. The van der Waals surface area contributed by atoms with E-state index in [4.69, 9.17) is 0 Å². The summed E-state index contributed by atoms with van der Waals surface area (Å²) in [6.07, 6.45) is 0.817. The Morgan fingerprint density at radius 2 is 2.29 bits per heavy atom. The van der Waals surface area contributed by atoms with E-state index in [1.54, 1.807) is 11.3 Å². The quantitative estimate of drug-likeness (QED) is 0.883. The molecule has 0 spiro atoms. The van der Waals surface area contributed by atoms with E-state index in [0.717, 1.165) is 22.2 Å². The fraction of sp³-hybridized carbons (Fsp3) is 0.600. The van der Waals surface area contributed by atoms with Gasteiger partial charge in [-0.3, -0.25) is 0 Å². The van der Waals surface area contributed by atoms with Gasteiger partial charge in [0, 0.05) is 26.4 Å². The second-order valence-corrected chi connectivity index (χ2v) is 6.31. The monoisotopic (exact) mass is 294 g/mol. The normalized spacial score (nSPS) is 15.4. The highest BCUT2D eigenvalue weighted by Gasteiger charge is 2.13. The smallest absolute Gasteiger partial charge is 0.0899 e. The van der Waals surface area contributed by atoms with E-state index in [0.29, 0.717) is 5.25 Å². The summed E-state index contributed by atoms with van der Waals surface area (Å²) in [5, 5.41) is 14.5. The van der Waals surface area contributed by atoms with Gasteiger partial charge in [0.2, 0.25) is 0 Å². The van der Waals surface area contributed by atoms with Crippen molar-refractivity contribution in [1.29, 1.82) is 0 Å². The van der Waals surface area contributed by atoms with Gasteiger partial charge in [-0.15, -0.1) is 0 Å². The van der Waals surface area contributed by atoms with Crippen LogP contribution in [-0.2, 0) is 0 Å². The molecule has 14 heavy (non-hydrogen) atoms. The van der Waals surface area contributed by atoms with Gasteiger partial charge in [0.15, 0.2) is 0 Å². The molecule has 1 N–H and O–H groups in total. The molecule has 80 valence electrons. The van der Waals surface area contributed by atoms with Crippen molar-refractivity contribution in [1.82, 2.24) is 0 Å². The summed E-state index contributed by atoms with van der Waals surface area (Å²) >= 11 is 6.88.